The van der Waals surface area contributed by atoms with Gasteiger partial charge < -0.3 is 5.32 Å². The van der Waals surface area contributed by atoms with Gasteiger partial charge in [0.15, 0.2) is 0 Å². The van der Waals surface area contributed by atoms with Crippen molar-refractivity contribution < 1.29 is 9.31 Å². The van der Waals surface area contributed by atoms with Crippen LogP contribution in [0.25, 0.3) is 0 Å². The van der Waals surface area contributed by atoms with Crippen LogP contribution in [0.4, 0.5) is 15.8 Å². The van der Waals surface area contributed by atoms with Crippen molar-refractivity contribution in [1.82, 2.24) is 9.97 Å². The number of benzene rings is 1. The Kier molecular flexibility index (Phi) is 4.42. The number of nitrogens with one attached hydrogen (secondary N) is 1. The van der Waals surface area contributed by atoms with Gasteiger partial charge in [-0.15, -0.1) is 0 Å². The number of hydrogen-bond donors (Lipinski definition) is 1. The van der Waals surface area contributed by atoms with Crippen LogP contribution in [0, 0.1) is 26.4 Å². The second-order valence-electron chi connectivity index (χ2n) is 3.99. The predicted octanol–water partition coefficient (Wildman–Crippen LogP) is 3.05. The van der Waals surface area contributed by atoms with E-state index in [9.17, 15) is 14.5 Å². The molecule has 1 N–H and O–H groups in total. The summed E-state index contributed by atoms with van der Waals surface area (Å²) in [7, 11) is 0. The van der Waals surface area contributed by atoms with E-state index in [-0.39, 0.29) is 21.5 Å². The van der Waals surface area contributed by atoms with Crippen molar-refractivity contribution in [1.29, 1.82) is 0 Å². The number of rotatable bonds is 4. The molecule has 2 aromatic rings. The van der Waals surface area contributed by atoms with Gasteiger partial charge in [-0.2, -0.15) is 0 Å². The van der Waals surface area contributed by atoms with Crippen molar-refractivity contribution in [3.8, 4) is 0 Å². The maximum Gasteiger partial charge on any atom is 0.293 e. The highest BCUT2D eigenvalue weighted by atomic mass is 127. The summed E-state index contributed by atoms with van der Waals surface area (Å²) in [5.74, 6) is 0.102. The molecule has 0 saturated heterocycles. The lowest BCUT2D eigenvalue weighted by atomic mass is 10.2. The van der Waals surface area contributed by atoms with E-state index in [4.69, 9.17) is 0 Å². The summed E-state index contributed by atoms with van der Waals surface area (Å²) in [4.78, 5) is 18.5. The number of nitro groups is 1. The average Bonchev–Trinajstić information content (AvgIpc) is 2.39. The molecule has 2 rings (SSSR count). The molecule has 0 atom stereocenters. The molecule has 0 aliphatic rings. The highest BCUT2D eigenvalue weighted by molar-refractivity contribution is 14.1. The van der Waals surface area contributed by atoms with Gasteiger partial charge in [-0.25, -0.2) is 14.4 Å². The monoisotopic (exact) mass is 388 g/mol. The predicted molar refractivity (Wildman–Crippen MR) is 79.9 cm³/mol. The lowest BCUT2D eigenvalue weighted by Crippen LogP contribution is -2.06. The topological polar surface area (TPSA) is 81.0 Å². The Labute approximate surface area is 127 Å². The maximum atomic E-state index is 13.5. The van der Waals surface area contributed by atoms with E-state index < -0.39 is 10.7 Å². The number of hydrogen-bond acceptors (Lipinski definition) is 5. The second-order valence-corrected chi connectivity index (χ2v) is 5.15. The molecule has 0 unspecified atom stereocenters. The van der Waals surface area contributed by atoms with Crippen LogP contribution in [-0.2, 0) is 6.54 Å². The molecule has 1 aromatic heterocycles. The first-order valence-corrected chi connectivity index (χ1v) is 6.71. The molecule has 0 radical (unpaired) electrons. The van der Waals surface area contributed by atoms with E-state index in [0.29, 0.717) is 11.5 Å². The normalized spacial score (nSPS) is 10.3. The molecule has 0 saturated carbocycles. The first-order chi connectivity index (χ1) is 9.47. The maximum absolute atomic E-state index is 13.5. The second kappa shape index (κ2) is 6.07. The van der Waals surface area contributed by atoms with Gasteiger partial charge in [0, 0.05) is 18.3 Å². The minimum atomic E-state index is -0.546. The lowest BCUT2D eigenvalue weighted by Gasteiger charge is -2.08. The van der Waals surface area contributed by atoms with Crippen LogP contribution in [0.15, 0.2) is 24.4 Å². The van der Waals surface area contributed by atoms with Crippen molar-refractivity contribution in [2.24, 2.45) is 0 Å². The van der Waals surface area contributed by atoms with Crippen molar-refractivity contribution in [2.75, 3.05) is 5.32 Å². The Morgan fingerprint density at radius 1 is 1.50 bits per heavy atom. The van der Waals surface area contributed by atoms with Crippen LogP contribution in [0.3, 0.4) is 0 Å². The highest BCUT2D eigenvalue weighted by Crippen LogP contribution is 2.28. The zero-order valence-corrected chi connectivity index (χ0v) is 12.6. The first kappa shape index (κ1) is 14.6. The van der Waals surface area contributed by atoms with Crippen LogP contribution in [-0.4, -0.2) is 14.9 Å². The SMILES string of the molecule is Cc1nccc(CNc2cc(F)c(I)cc2[N+](=O)[O-])n1. The fraction of sp³-hybridized carbons (Fsp3) is 0.167. The molecule has 1 heterocycles. The molecule has 6 nitrogen and oxygen atoms in total. The van der Waals surface area contributed by atoms with Crippen LogP contribution in [0.2, 0.25) is 0 Å². The molecule has 0 bridgehead atoms. The van der Waals surface area contributed by atoms with E-state index in [1.54, 1.807) is 41.8 Å². The van der Waals surface area contributed by atoms with Gasteiger partial charge in [0.2, 0.25) is 0 Å². The summed E-state index contributed by atoms with van der Waals surface area (Å²) in [6.07, 6.45) is 1.60. The summed E-state index contributed by atoms with van der Waals surface area (Å²) in [6.45, 7) is 2.00. The van der Waals surface area contributed by atoms with Crippen LogP contribution < -0.4 is 5.32 Å². The number of nitrogens with zero attached hydrogens (tertiary/aromatic N) is 3. The fourth-order valence-corrected chi connectivity index (χ4v) is 2.07. The van der Waals surface area contributed by atoms with Gasteiger partial charge in [-0.3, -0.25) is 10.1 Å². The highest BCUT2D eigenvalue weighted by Gasteiger charge is 2.17. The van der Waals surface area contributed by atoms with Crippen molar-refractivity contribution in [3.63, 3.8) is 0 Å². The molecule has 0 fully saturated rings. The summed E-state index contributed by atoms with van der Waals surface area (Å²) in [5, 5.41) is 13.8. The van der Waals surface area contributed by atoms with E-state index in [2.05, 4.69) is 15.3 Å². The van der Waals surface area contributed by atoms with Gasteiger partial charge in [-0.1, -0.05) is 0 Å². The molecule has 1 aromatic carbocycles. The van der Waals surface area contributed by atoms with E-state index in [1.807, 2.05) is 0 Å². The molecule has 0 aliphatic heterocycles. The lowest BCUT2D eigenvalue weighted by molar-refractivity contribution is -0.384. The Balaban J connectivity index is 2.24. The van der Waals surface area contributed by atoms with Crippen LogP contribution >= 0.6 is 22.6 Å². The quantitative estimate of drug-likeness (QED) is 0.495. The number of aromatic nitrogens is 2. The third-order valence-electron chi connectivity index (χ3n) is 2.53. The number of halogens is 2. The Hall–Kier alpha value is -1.84. The van der Waals surface area contributed by atoms with Crippen molar-refractivity contribution in [2.45, 2.75) is 13.5 Å². The molecule has 0 aliphatic carbocycles. The minimum absolute atomic E-state index is 0.129. The first-order valence-electron chi connectivity index (χ1n) is 5.63. The molecule has 104 valence electrons. The Bertz CT molecular complexity index is 666. The number of anilines is 1. The number of nitro benzene ring substituents is 1. The van der Waals surface area contributed by atoms with Gasteiger partial charge in [0.1, 0.15) is 17.3 Å². The van der Waals surface area contributed by atoms with Crippen molar-refractivity contribution in [3.05, 3.63) is 55.4 Å². The molecule has 20 heavy (non-hydrogen) atoms. The summed E-state index contributed by atoms with van der Waals surface area (Å²) in [5.41, 5.74) is 0.636. The summed E-state index contributed by atoms with van der Waals surface area (Å²) < 4.78 is 13.7. The smallest absolute Gasteiger partial charge is 0.293 e. The molecule has 0 amide bonds. The van der Waals surface area contributed by atoms with Crippen molar-refractivity contribution >= 4 is 34.0 Å². The van der Waals surface area contributed by atoms with Crippen LogP contribution in [0.5, 0.6) is 0 Å². The molecular formula is C12H10FIN4O2. The van der Waals surface area contributed by atoms with Gasteiger partial charge >= 0.3 is 0 Å². The minimum Gasteiger partial charge on any atom is -0.374 e. The Morgan fingerprint density at radius 2 is 2.25 bits per heavy atom. The zero-order chi connectivity index (χ0) is 14.7. The van der Waals surface area contributed by atoms with Gasteiger partial charge in [-0.05, 0) is 35.6 Å². The Morgan fingerprint density at radius 3 is 2.90 bits per heavy atom. The third-order valence-corrected chi connectivity index (χ3v) is 3.36. The van der Waals surface area contributed by atoms with E-state index in [1.165, 1.54) is 6.07 Å². The summed E-state index contributed by atoms with van der Waals surface area (Å²) in [6, 6.07) is 4.01. The standard InChI is InChI=1S/C12H10FIN4O2/c1-7-15-3-2-8(17-7)6-16-11-4-9(13)10(14)5-12(11)18(19)20/h2-5,16H,6H2,1H3. The summed E-state index contributed by atoms with van der Waals surface area (Å²) >= 11 is 1.72. The number of aryl methyl sites for hydroxylation is 1. The van der Waals surface area contributed by atoms with E-state index >= 15 is 0 Å². The molecule has 8 heteroatoms. The van der Waals surface area contributed by atoms with E-state index in [0.717, 1.165) is 6.07 Å². The zero-order valence-electron chi connectivity index (χ0n) is 10.4. The van der Waals surface area contributed by atoms with Crippen LogP contribution in [0.1, 0.15) is 11.5 Å². The average molecular weight is 388 g/mol. The third kappa shape index (κ3) is 3.38. The fourth-order valence-electron chi connectivity index (χ4n) is 1.62. The molecule has 0 spiro atoms. The van der Waals surface area contributed by atoms with Gasteiger partial charge in [0.25, 0.3) is 5.69 Å². The molecular weight excluding hydrogens is 378 g/mol. The van der Waals surface area contributed by atoms with Gasteiger partial charge in [0.05, 0.1) is 20.7 Å². The largest absolute Gasteiger partial charge is 0.374 e.